The van der Waals surface area contributed by atoms with E-state index in [1.54, 1.807) is 20.8 Å². The molecule has 0 aliphatic carbocycles. The van der Waals surface area contributed by atoms with Crippen LogP contribution in [0.1, 0.15) is 25.6 Å². The molecule has 0 amide bonds. The maximum absolute atomic E-state index is 11.9. The number of hydrogen-bond donors (Lipinski definition) is 0. The van der Waals surface area contributed by atoms with E-state index in [9.17, 15) is 9.59 Å². The third kappa shape index (κ3) is 2.01. The van der Waals surface area contributed by atoms with Gasteiger partial charge >= 0.3 is 5.69 Å². The highest BCUT2D eigenvalue weighted by Gasteiger charge is 2.10. The Morgan fingerprint density at radius 1 is 1.47 bits per heavy atom. The summed E-state index contributed by atoms with van der Waals surface area (Å²) < 4.78 is 2.62. The van der Waals surface area contributed by atoms with Crippen molar-refractivity contribution in [1.82, 2.24) is 9.13 Å². The number of rotatable bonds is 2. The summed E-state index contributed by atoms with van der Waals surface area (Å²) in [4.78, 5) is 23.4. The van der Waals surface area contributed by atoms with E-state index in [4.69, 9.17) is 6.42 Å². The fourth-order valence-electron chi connectivity index (χ4n) is 1.46. The van der Waals surface area contributed by atoms with Gasteiger partial charge in [-0.3, -0.25) is 13.9 Å². The molecule has 1 aromatic rings. The predicted molar refractivity (Wildman–Crippen MR) is 58.9 cm³/mol. The largest absolute Gasteiger partial charge is 0.332 e. The van der Waals surface area contributed by atoms with Crippen LogP contribution < -0.4 is 11.2 Å². The lowest BCUT2D eigenvalue weighted by molar-refractivity contribution is 0.510. The van der Waals surface area contributed by atoms with Crippen molar-refractivity contribution in [2.45, 2.75) is 33.4 Å². The van der Waals surface area contributed by atoms with Gasteiger partial charge in [0.15, 0.2) is 0 Å². The predicted octanol–water partition coefficient (Wildman–Crippen LogP) is 0.533. The van der Waals surface area contributed by atoms with Crippen molar-refractivity contribution in [1.29, 1.82) is 0 Å². The topological polar surface area (TPSA) is 44.0 Å². The molecule has 0 N–H and O–H groups in total. The zero-order chi connectivity index (χ0) is 11.6. The van der Waals surface area contributed by atoms with Crippen molar-refractivity contribution in [3.63, 3.8) is 0 Å². The van der Waals surface area contributed by atoms with Crippen LogP contribution in [0.2, 0.25) is 0 Å². The summed E-state index contributed by atoms with van der Waals surface area (Å²) in [6, 6.07) is 1.27. The molecular formula is C11H14N2O2. The zero-order valence-electron chi connectivity index (χ0n) is 9.15. The van der Waals surface area contributed by atoms with Gasteiger partial charge in [0.1, 0.15) is 0 Å². The number of nitrogens with zero attached hydrogens (tertiary/aromatic N) is 2. The van der Waals surface area contributed by atoms with Gasteiger partial charge in [0, 0.05) is 17.8 Å². The molecule has 80 valence electrons. The molecule has 4 nitrogen and oxygen atoms in total. The summed E-state index contributed by atoms with van der Waals surface area (Å²) in [5.74, 6) is 2.40. The van der Waals surface area contributed by atoms with Crippen molar-refractivity contribution in [3.8, 4) is 12.3 Å². The molecule has 15 heavy (non-hydrogen) atoms. The zero-order valence-corrected chi connectivity index (χ0v) is 9.15. The Bertz CT molecular complexity index is 515. The molecule has 4 heteroatoms. The molecule has 0 atom stereocenters. The molecule has 0 aliphatic heterocycles. The minimum Gasteiger partial charge on any atom is -0.286 e. The first-order valence-corrected chi connectivity index (χ1v) is 4.75. The van der Waals surface area contributed by atoms with Gasteiger partial charge in [-0.25, -0.2) is 4.79 Å². The summed E-state index contributed by atoms with van der Waals surface area (Å²) in [5, 5.41) is 0. The van der Waals surface area contributed by atoms with Crippen LogP contribution in [0.5, 0.6) is 0 Å². The van der Waals surface area contributed by atoms with E-state index in [0.29, 0.717) is 5.69 Å². The lowest BCUT2D eigenvalue weighted by Crippen LogP contribution is -2.41. The normalized spacial score (nSPS) is 10.3. The quantitative estimate of drug-likeness (QED) is 0.663. The fourth-order valence-corrected chi connectivity index (χ4v) is 1.46. The van der Waals surface area contributed by atoms with E-state index < -0.39 is 0 Å². The second-order valence-electron chi connectivity index (χ2n) is 3.66. The molecule has 0 bridgehead atoms. The van der Waals surface area contributed by atoms with Gasteiger partial charge in [-0.05, 0) is 20.8 Å². The van der Waals surface area contributed by atoms with Crippen LogP contribution in [0.15, 0.2) is 15.7 Å². The van der Waals surface area contributed by atoms with Crippen LogP contribution in [-0.2, 0) is 6.54 Å². The molecule has 1 aromatic heterocycles. The molecule has 0 aromatic carbocycles. The maximum Gasteiger partial charge on any atom is 0.332 e. The third-order valence-corrected chi connectivity index (χ3v) is 2.20. The summed E-state index contributed by atoms with van der Waals surface area (Å²) in [7, 11) is 0. The first kappa shape index (κ1) is 11.3. The Hall–Kier alpha value is -1.76. The highest BCUT2D eigenvalue weighted by atomic mass is 16.2. The number of hydrogen-bond acceptors (Lipinski definition) is 2. The van der Waals surface area contributed by atoms with Crippen LogP contribution in [0.3, 0.4) is 0 Å². The number of aryl methyl sites for hydroxylation is 1. The van der Waals surface area contributed by atoms with Gasteiger partial charge < -0.3 is 0 Å². The fraction of sp³-hybridized carbons (Fsp3) is 0.455. The monoisotopic (exact) mass is 206 g/mol. The lowest BCUT2D eigenvalue weighted by atomic mass is 10.3. The summed E-state index contributed by atoms with van der Waals surface area (Å²) >= 11 is 0. The van der Waals surface area contributed by atoms with Crippen molar-refractivity contribution in [3.05, 3.63) is 32.6 Å². The molecule has 0 fully saturated rings. The first-order chi connectivity index (χ1) is 6.99. The molecule has 0 unspecified atom stereocenters. The molecular weight excluding hydrogens is 192 g/mol. The van der Waals surface area contributed by atoms with Gasteiger partial charge in [-0.1, -0.05) is 5.92 Å². The van der Waals surface area contributed by atoms with Crippen molar-refractivity contribution < 1.29 is 0 Å². The smallest absolute Gasteiger partial charge is 0.286 e. The van der Waals surface area contributed by atoms with Gasteiger partial charge in [0.05, 0.1) is 6.54 Å². The van der Waals surface area contributed by atoms with Crippen LogP contribution in [0.4, 0.5) is 0 Å². The average Bonchev–Trinajstić information content (AvgIpc) is 2.11. The molecule has 1 rings (SSSR count). The number of aromatic nitrogens is 2. The first-order valence-electron chi connectivity index (χ1n) is 4.75. The van der Waals surface area contributed by atoms with Crippen LogP contribution in [0, 0.1) is 19.3 Å². The average molecular weight is 206 g/mol. The third-order valence-electron chi connectivity index (χ3n) is 2.20. The molecule has 0 aliphatic rings. The van der Waals surface area contributed by atoms with Crippen LogP contribution >= 0.6 is 0 Å². The van der Waals surface area contributed by atoms with Crippen LogP contribution in [-0.4, -0.2) is 9.13 Å². The Balaban J connectivity index is 3.59. The van der Waals surface area contributed by atoms with E-state index in [-0.39, 0.29) is 23.8 Å². The standard InChI is InChI=1S/C11H14N2O2/c1-5-6-12-9(4)7-10(14)13(8(2)3)11(12)15/h1,7-8H,6H2,2-4H3. The highest BCUT2D eigenvalue weighted by Crippen LogP contribution is 1.96. The highest BCUT2D eigenvalue weighted by molar-refractivity contribution is 5.03. The van der Waals surface area contributed by atoms with Gasteiger partial charge in [-0.15, -0.1) is 6.42 Å². The van der Waals surface area contributed by atoms with E-state index in [0.717, 1.165) is 0 Å². The molecule has 0 radical (unpaired) electrons. The molecule has 0 saturated carbocycles. The summed E-state index contributed by atoms with van der Waals surface area (Å²) in [5.41, 5.74) is -0.0198. The van der Waals surface area contributed by atoms with Crippen LogP contribution in [0.25, 0.3) is 0 Å². The van der Waals surface area contributed by atoms with E-state index in [1.165, 1.54) is 15.2 Å². The Labute approximate surface area is 88.2 Å². The Morgan fingerprint density at radius 2 is 2.07 bits per heavy atom. The van der Waals surface area contributed by atoms with Crippen molar-refractivity contribution in [2.75, 3.05) is 0 Å². The number of terminal acetylenes is 1. The van der Waals surface area contributed by atoms with Gasteiger partial charge in [0.25, 0.3) is 5.56 Å². The molecule has 1 heterocycles. The van der Waals surface area contributed by atoms with Gasteiger partial charge in [-0.2, -0.15) is 0 Å². The summed E-state index contributed by atoms with van der Waals surface area (Å²) in [6.45, 7) is 5.47. The SMILES string of the molecule is C#CCn1c(C)cc(=O)n(C(C)C)c1=O. The molecule has 0 saturated heterocycles. The second kappa shape index (κ2) is 4.18. The van der Waals surface area contributed by atoms with E-state index in [2.05, 4.69) is 5.92 Å². The molecule has 0 spiro atoms. The minimum absolute atomic E-state index is 0.158. The summed E-state index contributed by atoms with van der Waals surface area (Å²) in [6.07, 6.45) is 5.17. The lowest BCUT2D eigenvalue weighted by Gasteiger charge is -2.13. The van der Waals surface area contributed by atoms with Crippen molar-refractivity contribution >= 4 is 0 Å². The minimum atomic E-state index is -0.340. The maximum atomic E-state index is 11.9. The van der Waals surface area contributed by atoms with E-state index >= 15 is 0 Å². The van der Waals surface area contributed by atoms with Gasteiger partial charge in [0.2, 0.25) is 0 Å². The Morgan fingerprint density at radius 3 is 2.53 bits per heavy atom. The van der Waals surface area contributed by atoms with E-state index in [1.807, 2.05) is 0 Å². The Kier molecular flexibility index (Phi) is 3.15. The second-order valence-corrected chi connectivity index (χ2v) is 3.66. The van der Waals surface area contributed by atoms with Crippen molar-refractivity contribution in [2.24, 2.45) is 0 Å².